The molecular weight excluding hydrogens is 296 g/mol. The molecule has 3 heteroatoms. The first-order valence-corrected chi connectivity index (χ1v) is 6.46. The SMILES string of the molecule is O=C(Cc1ccccc1S)c1ccc(Br)cc1. The predicted molar refractivity (Wildman–Crippen MR) is 75.9 cm³/mol. The van der Waals surface area contributed by atoms with Gasteiger partial charge in [-0.1, -0.05) is 46.3 Å². The molecule has 0 aliphatic heterocycles. The molecule has 0 atom stereocenters. The second-order valence-electron chi connectivity index (χ2n) is 3.74. The minimum absolute atomic E-state index is 0.110. The van der Waals surface area contributed by atoms with Gasteiger partial charge in [0.05, 0.1) is 0 Å². The predicted octanol–water partition coefficient (Wildman–Crippen LogP) is 4.16. The molecule has 1 nitrogen and oxygen atoms in total. The van der Waals surface area contributed by atoms with Crippen LogP contribution in [0.1, 0.15) is 15.9 Å². The highest BCUT2D eigenvalue weighted by Gasteiger charge is 2.08. The number of hydrogen-bond donors (Lipinski definition) is 1. The largest absolute Gasteiger partial charge is 0.294 e. The van der Waals surface area contributed by atoms with Gasteiger partial charge in [-0.15, -0.1) is 12.6 Å². The van der Waals surface area contributed by atoms with Crippen LogP contribution in [0, 0.1) is 0 Å². The van der Waals surface area contributed by atoms with Crippen molar-refractivity contribution in [3.63, 3.8) is 0 Å². The van der Waals surface area contributed by atoms with E-state index in [0.717, 1.165) is 20.5 Å². The molecular formula is C14H11BrOS. The molecule has 0 fully saturated rings. The van der Waals surface area contributed by atoms with Gasteiger partial charge in [0.2, 0.25) is 0 Å². The van der Waals surface area contributed by atoms with Crippen LogP contribution in [-0.4, -0.2) is 5.78 Å². The van der Waals surface area contributed by atoms with Crippen molar-refractivity contribution in [2.75, 3.05) is 0 Å². The van der Waals surface area contributed by atoms with E-state index < -0.39 is 0 Å². The smallest absolute Gasteiger partial charge is 0.167 e. The number of hydrogen-bond acceptors (Lipinski definition) is 2. The average molecular weight is 307 g/mol. The van der Waals surface area contributed by atoms with Gasteiger partial charge in [-0.3, -0.25) is 4.79 Å². The van der Waals surface area contributed by atoms with Gasteiger partial charge < -0.3 is 0 Å². The molecule has 0 amide bonds. The zero-order valence-electron chi connectivity index (χ0n) is 9.06. The molecule has 0 heterocycles. The van der Waals surface area contributed by atoms with E-state index in [1.165, 1.54) is 0 Å². The first kappa shape index (κ1) is 12.4. The second kappa shape index (κ2) is 5.52. The van der Waals surface area contributed by atoms with Crippen LogP contribution < -0.4 is 0 Å². The van der Waals surface area contributed by atoms with Crippen LogP contribution in [0.15, 0.2) is 57.9 Å². The van der Waals surface area contributed by atoms with Gasteiger partial charge >= 0.3 is 0 Å². The quantitative estimate of drug-likeness (QED) is 0.665. The molecule has 0 N–H and O–H groups in total. The molecule has 0 unspecified atom stereocenters. The van der Waals surface area contributed by atoms with E-state index in [9.17, 15) is 4.79 Å². The van der Waals surface area contributed by atoms with Crippen LogP contribution in [0.2, 0.25) is 0 Å². The summed E-state index contributed by atoms with van der Waals surface area (Å²) in [5, 5.41) is 0. The molecule has 0 aliphatic rings. The summed E-state index contributed by atoms with van der Waals surface area (Å²) in [6.45, 7) is 0. The Morgan fingerprint density at radius 1 is 1.06 bits per heavy atom. The lowest BCUT2D eigenvalue weighted by atomic mass is 10.0. The lowest BCUT2D eigenvalue weighted by Crippen LogP contribution is -2.03. The molecule has 0 spiro atoms. The van der Waals surface area contributed by atoms with Crippen LogP contribution in [0.5, 0.6) is 0 Å². The fraction of sp³-hybridized carbons (Fsp3) is 0.0714. The van der Waals surface area contributed by atoms with Gasteiger partial charge in [-0.25, -0.2) is 0 Å². The van der Waals surface area contributed by atoms with Crippen LogP contribution >= 0.6 is 28.6 Å². The summed E-state index contributed by atoms with van der Waals surface area (Å²) in [7, 11) is 0. The van der Waals surface area contributed by atoms with Crippen molar-refractivity contribution in [3.8, 4) is 0 Å². The van der Waals surface area contributed by atoms with Crippen molar-refractivity contribution in [3.05, 3.63) is 64.1 Å². The van der Waals surface area contributed by atoms with Crippen molar-refractivity contribution >= 4 is 34.3 Å². The minimum atomic E-state index is 0.110. The van der Waals surface area contributed by atoms with E-state index in [0.29, 0.717) is 6.42 Å². The Hall–Kier alpha value is -1.06. The highest BCUT2D eigenvalue weighted by atomic mass is 79.9. The van der Waals surface area contributed by atoms with Gasteiger partial charge in [0, 0.05) is 21.4 Å². The first-order chi connectivity index (χ1) is 8.16. The Balaban J connectivity index is 2.17. The van der Waals surface area contributed by atoms with Crippen molar-refractivity contribution in [1.29, 1.82) is 0 Å². The number of halogens is 1. The van der Waals surface area contributed by atoms with Gasteiger partial charge in [0.1, 0.15) is 0 Å². The number of rotatable bonds is 3. The van der Waals surface area contributed by atoms with Crippen molar-refractivity contribution in [1.82, 2.24) is 0 Å². The summed E-state index contributed by atoms with van der Waals surface area (Å²) < 4.78 is 0.976. The molecule has 17 heavy (non-hydrogen) atoms. The van der Waals surface area contributed by atoms with Crippen LogP contribution in [0.25, 0.3) is 0 Å². The van der Waals surface area contributed by atoms with E-state index >= 15 is 0 Å². The summed E-state index contributed by atoms with van der Waals surface area (Å²) in [5.41, 5.74) is 1.69. The Kier molecular flexibility index (Phi) is 4.02. The summed E-state index contributed by atoms with van der Waals surface area (Å²) in [6.07, 6.45) is 0.390. The van der Waals surface area contributed by atoms with Gasteiger partial charge in [-0.2, -0.15) is 0 Å². The fourth-order valence-electron chi connectivity index (χ4n) is 1.57. The normalized spacial score (nSPS) is 10.2. The molecule has 86 valence electrons. The van der Waals surface area contributed by atoms with Crippen molar-refractivity contribution < 1.29 is 4.79 Å². The van der Waals surface area contributed by atoms with Gasteiger partial charge in [-0.05, 0) is 23.8 Å². The lowest BCUT2D eigenvalue weighted by molar-refractivity contribution is 0.0992. The maximum atomic E-state index is 12.0. The molecule has 0 radical (unpaired) electrons. The lowest BCUT2D eigenvalue weighted by Gasteiger charge is -2.04. The van der Waals surface area contributed by atoms with Crippen LogP contribution in [0.4, 0.5) is 0 Å². The maximum absolute atomic E-state index is 12.0. The van der Waals surface area contributed by atoms with Gasteiger partial charge in [0.25, 0.3) is 0 Å². The third kappa shape index (κ3) is 3.20. The number of benzene rings is 2. The summed E-state index contributed by atoms with van der Waals surface area (Å²) in [4.78, 5) is 12.9. The molecule has 0 aromatic heterocycles. The topological polar surface area (TPSA) is 17.1 Å². The number of thiol groups is 1. The monoisotopic (exact) mass is 306 g/mol. The number of ketones is 1. The number of carbonyl (C=O) groups excluding carboxylic acids is 1. The highest BCUT2D eigenvalue weighted by Crippen LogP contribution is 2.17. The van der Waals surface area contributed by atoms with E-state index in [-0.39, 0.29) is 5.78 Å². The first-order valence-electron chi connectivity index (χ1n) is 5.22. The van der Waals surface area contributed by atoms with E-state index in [2.05, 4.69) is 28.6 Å². The van der Waals surface area contributed by atoms with E-state index in [4.69, 9.17) is 0 Å². The van der Waals surface area contributed by atoms with Crippen LogP contribution in [0.3, 0.4) is 0 Å². The van der Waals surface area contributed by atoms with E-state index in [1.807, 2.05) is 48.5 Å². The van der Waals surface area contributed by atoms with E-state index in [1.54, 1.807) is 0 Å². The summed E-state index contributed by atoms with van der Waals surface area (Å²) >= 11 is 7.69. The Morgan fingerprint density at radius 3 is 2.35 bits per heavy atom. The molecule has 0 saturated carbocycles. The Labute approximate surface area is 114 Å². The molecule has 2 rings (SSSR count). The van der Waals surface area contributed by atoms with Crippen LogP contribution in [-0.2, 0) is 6.42 Å². The van der Waals surface area contributed by atoms with Gasteiger partial charge in [0.15, 0.2) is 5.78 Å². The number of Topliss-reactive ketones (excluding diaryl/α,β-unsaturated/α-hetero) is 1. The zero-order valence-corrected chi connectivity index (χ0v) is 11.5. The molecule has 0 aliphatic carbocycles. The fourth-order valence-corrected chi connectivity index (χ4v) is 2.08. The zero-order chi connectivity index (χ0) is 12.3. The highest BCUT2D eigenvalue weighted by molar-refractivity contribution is 9.10. The Bertz CT molecular complexity index is 534. The molecule has 2 aromatic rings. The molecule has 2 aromatic carbocycles. The van der Waals surface area contributed by atoms with Crippen molar-refractivity contribution in [2.24, 2.45) is 0 Å². The Morgan fingerprint density at radius 2 is 1.71 bits per heavy atom. The summed E-state index contributed by atoms with van der Waals surface area (Å²) in [5.74, 6) is 0.110. The number of carbonyl (C=O) groups is 1. The minimum Gasteiger partial charge on any atom is -0.294 e. The molecule has 0 bridgehead atoms. The third-order valence-electron chi connectivity index (χ3n) is 2.51. The average Bonchev–Trinajstić information content (AvgIpc) is 2.33. The second-order valence-corrected chi connectivity index (χ2v) is 5.13. The third-order valence-corrected chi connectivity index (χ3v) is 3.47. The maximum Gasteiger partial charge on any atom is 0.167 e. The summed E-state index contributed by atoms with van der Waals surface area (Å²) in [6, 6.07) is 15.1. The standard InChI is InChI=1S/C14H11BrOS/c15-12-7-5-10(6-8-12)13(16)9-11-3-1-2-4-14(11)17/h1-8,17H,9H2. The van der Waals surface area contributed by atoms with Crippen molar-refractivity contribution in [2.45, 2.75) is 11.3 Å². The molecule has 0 saturated heterocycles.